The molecule has 0 radical (unpaired) electrons. The zero-order valence-electron chi connectivity index (χ0n) is 38.9. The number of allylic oxidation sites excluding steroid dienone is 2. The summed E-state index contributed by atoms with van der Waals surface area (Å²) in [6.45, 7) is 8.55. The van der Waals surface area contributed by atoms with Crippen molar-refractivity contribution in [2.45, 2.75) is 124 Å². The van der Waals surface area contributed by atoms with Gasteiger partial charge in [-0.2, -0.15) is 0 Å². The normalized spacial score (nSPS) is 13.3. The fourth-order valence-electron chi connectivity index (χ4n) is 9.73. The topological polar surface area (TPSA) is 73.2 Å². The Hall–Kier alpha value is -5.76. The molecule has 0 N–H and O–H groups in total. The van der Waals surface area contributed by atoms with Gasteiger partial charge in [0.05, 0.1) is 22.2 Å². The van der Waals surface area contributed by atoms with Crippen LogP contribution < -0.4 is 0 Å². The molecule has 66 heavy (non-hydrogen) atoms. The summed E-state index contributed by atoms with van der Waals surface area (Å²) in [5, 5.41) is 2.46. The highest BCUT2D eigenvalue weighted by Crippen LogP contribution is 2.42. The minimum Gasteiger partial charge on any atom is -0.337 e. The fourth-order valence-corrected chi connectivity index (χ4v) is 11.6. The lowest BCUT2D eigenvalue weighted by molar-refractivity contribution is 0.0975. The zero-order valence-corrected chi connectivity index (χ0v) is 40.6. The first kappa shape index (κ1) is 46.8. The number of hydrogen-bond acceptors (Lipinski definition) is 6. The summed E-state index contributed by atoms with van der Waals surface area (Å²) in [4.78, 5) is 56.9. The average molecular weight is 912 g/mol. The smallest absolute Gasteiger partial charge is 0.197 e. The first-order chi connectivity index (χ1) is 32.3. The number of ketones is 4. The molecule has 0 fully saturated rings. The number of aromatic nitrogens is 1. The Morgan fingerprint density at radius 3 is 1.20 bits per heavy atom. The molecule has 338 valence electrons. The van der Waals surface area contributed by atoms with Crippen molar-refractivity contribution in [1.29, 1.82) is 0 Å². The van der Waals surface area contributed by atoms with Gasteiger partial charge in [-0.15, -0.1) is 22.7 Å². The summed E-state index contributed by atoms with van der Waals surface area (Å²) in [6, 6.07) is 36.4. The highest BCUT2D eigenvalue weighted by molar-refractivity contribution is 7.16. The molecule has 0 unspecified atom stereocenters. The quantitative estimate of drug-likeness (QED) is 0.0460. The molecular weight excluding hydrogens is 851 g/mol. The van der Waals surface area contributed by atoms with E-state index >= 15 is 0 Å². The molecule has 7 aromatic rings. The third-order valence-corrected chi connectivity index (χ3v) is 15.3. The lowest BCUT2D eigenvalue weighted by atomic mass is 9.99. The molecule has 0 saturated carbocycles. The minimum atomic E-state index is -0.205. The zero-order chi connectivity index (χ0) is 46.2. The van der Waals surface area contributed by atoms with E-state index in [2.05, 4.69) is 66.9 Å². The molecule has 3 aromatic heterocycles. The number of nitrogens with zero attached hydrogens (tertiary/aromatic N) is 1. The molecule has 3 heterocycles. The second-order valence-electron chi connectivity index (χ2n) is 17.5. The largest absolute Gasteiger partial charge is 0.337 e. The van der Waals surface area contributed by atoms with E-state index in [1.54, 1.807) is 83.4 Å². The van der Waals surface area contributed by atoms with Gasteiger partial charge in [-0.05, 0) is 72.5 Å². The second kappa shape index (κ2) is 21.7. The van der Waals surface area contributed by atoms with Crippen molar-refractivity contribution < 1.29 is 19.2 Å². The number of unbranched alkanes of at least 4 members (excludes halogenated alkanes) is 10. The van der Waals surface area contributed by atoms with Gasteiger partial charge in [-0.1, -0.05) is 178 Å². The molecule has 2 aliphatic carbocycles. The fraction of sp³-hybridized carbons (Fsp3) is 0.322. The summed E-state index contributed by atoms with van der Waals surface area (Å²) in [7, 11) is 0. The number of thiophene rings is 2. The van der Waals surface area contributed by atoms with Crippen LogP contribution in [-0.2, 0) is 0 Å². The van der Waals surface area contributed by atoms with Crippen LogP contribution in [0.15, 0.2) is 120 Å². The number of fused-ring (bicyclic) bond motifs is 5. The molecule has 2 aliphatic rings. The number of carbonyl (C=O) groups excluding carboxylic acids is 4. The van der Waals surface area contributed by atoms with E-state index in [9.17, 15) is 19.2 Å². The summed E-state index contributed by atoms with van der Waals surface area (Å²) >= 11 is 3.21. The highest BCUT2D eigenvalue weighted by Gasteiger charge is 2.34. The number of carbonyl (C=O) groups is 4. The van der Waals surface area contributed by atoms with Crippen LogP contribution in [0, 0.1) is 0 Å². The van der Waals surface area contributed by atoms with E-state index in [0.717, 1.165) is 43.5 Å². The van der Waals surface area contributed by atoms with Gasteiger partial charge in [-0.25, -0.2) is 0 Å². The second-order valence-corrected chi connectivity index (χ2v) is 19.8. The molecule has 4 aromatic carbocycles. The maximum absolute atomic E-state index is 13.2. The maximum Gasteiger partial charge on any atom is 0.197 e. The third-order valence-electron chi connectivity index (χ3n) is 13.2. The first-order valence-corrected chi connectivity index (χ1v) is 26.1. The Labute approximate surface area is 398 Å². The van der Waals surface area contributed by atoms with Gasteiger partial charge in [0.1, 0.15) is 0 Å². The van der Waals surface area contributed by atoms with Crippen LogP contribution in [0.3, 0.4) is 0 Å². The van der Waals surface area contributed by atoms with Crippen molar-refractivity contribution in [3.63, 3.8) is 0 Å². The van der Waals surface area contributed by atoms with Crippen LogP contribution in [0.25, 0.3) is 54.8 Å². The summed E-state index contributed by atoms with van der Waals surface area (Å²) in [5.41, 5.74) is 7.07. The molecule has 0 atom stereocenters. The minimum absolute atomic E-state index is 0.205. The van der Waals surface area contributed by atoms with E-state index in [1.807, 2.05) is 26.0 Å². The van der Waals surface area contributed by atoms with Crippen LogP contribution in [0.1, 0.15) is 175 Å². The predicted molar refractivity (Wildman–Crippen MR) is 279 cm³/mol. The third kappa shape index (κ3) is 9.70. The molecule has 7 heteroatoms. The van der Waals surface area contributed by atoms with Crippen molar-refractivity contribution in [3.8, 4) is 20.9 Å². The summed E-state index contributed by atoms with van der Waals surface area (Å²) in [6.07, 6.45) is 20.9. The molecule has 0 spiro atoms. The molecule has 5 nitrogen and oxygen atoms in total. The Bertz CT molecular complexity index is 2700. The SMILES string of the molecule is CC.CCCCCCCCC(CCCCCCCC)n1c2cc(-c3ccc(C=C4C(=O)c5ccccc5C4=O)s3)ccc2c2ccc(-c3ccc(C=C4C(=O)c5ccccc5C4=O)s3)cc21. The lowest BCUT2D eigenvalue weighted by Gasteiger charge is -2.22. The van der Waals surface area contributed by atoms with E-state index in [1.165, 1.54) is 98.9 Å². The molecule has 9 rings (SSSR count). The van der Waals surface area contributed by atoms with Gasteiger partial charge in [0, 0.05) is 58.6 Å². The monoisotopic (exact) mass is 911 g/mol. The summed E-state index contributed by atoms with van der Waals surface area (Å²) < 4.78 is 2.66. The van der Waals surface area contributed by atoms with Gasteiger partial charge < -0.3 is 4.57 Å². The molecule has 0 aliphatic heterocycles. The van der Waals surface area contributed by atoms with Crippen molar-refractivity contribution in [1.82, 2.24) is 4.57 Å². The van der Waals surface area contributed by atoms with Crippen LogP contribution in [-0.4, -0.2) is 27.7 Å². The standard InChI is InChI=1S/C57H55NO4S2.C2H6/c1-3-5-7-9-11-13-19-39(20-14-12-10-8-6-4-2)58-50-33-37(52-31-27-40(63-52)35-48-54(59)44-21-15-16-22-45(44)55(48)60)25-29-42(50)43-30-26-38(34-51(43)58)53-32-28-41(64-53)36-49-56(61)46-23-17-18-24-47(46)57(49)62;1-2/h15-18,21-36,39H,3-14,19-20H2,1-2H3;1-2H3. The molecule has 0 amide bonds. The number of benzene rings is 4. The Morgan fingerprint density at radius 2 is 0.818 bits per heavy atom. The van der Waals surface area contributed by atoms with Gasteiger partial charge >= 0.3 is 0 Å². The Kier molecular flexibility index (Phi) is 15.4. The Morgan fingerprint density at radius 1 is 0.455 bits per heavy atom. The van der Waals surface area contributed by atoms with Crippen LogP contribution in [0.2, 0.25) is 0 Å². The number of Topliss-reactive ketones (excluding diaryl/α,β-unsaturated/α-hetero) is 4. The van der Waals surface area contributed by atoms with Gasteiger partial charge in [0.2, 0.25) is 0 Å². The maximum atomic E-state index is 13.2. The van der Waals surface area contributed by atoms with E-state index < -0.39 is 0 Å². The van der Waals surface area contributed by atoms with E-state index in [4.69, 9.17) is 0 Å². The number of hydrogen-bond donors (Lipinski definition) is 0. The van der Waals surface area contributed by atoms with Crippen molar-refractivity contribution in [2.75, 3.05) is 0 Å². The van der Waals surface area contributed by atoms with Gasteiger partial charge in [0.25, 0.3) is 0 Å². The van der Waals surface area contributed by atoms with Crippen molar-refractivity contribution in [2.24, 2.45) is 0 Å². The van der Waals surface area contributed by atoms with Crippen LogP contribution in [0.5, 0.6) is 0 Å². The van der Waals surface area contributed by atoms with E-state index in [0.29, 0.717) is 28.3 Å². The van der Waals surface area contributed by atoms with Crippen LogP contribution in [0.4, 0.5) is 0 Å². The lowest BCUT2D eigenvalue weighted by Crippen LogP contribution is -2.09. The number of rotatable bonds is 19. The van der Waals surface area contributed by atoms with E-state index in [-0.39, 0.29) is 34.3 Å². The molecule has 0 bridgehead atoms. The van der Waals surface area contributed by atoms with Crippen molar-refractivity contribution in [3.05, 3.63) is 152 Å². The highest BCUT2D eigenvalue weighted by atomic mass is 32.1. The van der Waals surface area contributed by atoms with Gasteiger partial charge in [0.15, 0.2) is 23.1 Å². The van der Waals surface area contributed by atoms with Gasteiger partial charge in [-0.3, -0.25) is 19.2 Å². The molecule has 0 saturated heterocycles. The molecular formula is C59H61NO4S2. The Balaban J connectivity index is 0.00000292. The summed E-state index contributed by atoms with van der Waals surface area (Å²) in [5.74, 6) is -0.821. The van der Waals surface area contributed by atoms with Crippen LogP contribution >= 0.6 is 22.7 Å². The average Bonchev–Trinajstić information content (AvgIpc) is 4.18. The predicted octanol–water partition coefficient (Wildman–Crippen LogP) is 17.2. The van der Waals surface area contributed by atoms with Crippen molar-refractivity contribution >= 4 is 79.8 Å². The first-order valence-electron chi connectivity index (χ1n) is 24.4.